The highest BCUT2D eigenvalue weighted by atomic mass is 32.1. The molecule has 7 heteroatoms. The van der Waals surface area contributed by atoms with E-state index in [1.54, 1.807) is 24.3 Å². The topological polar surface area (TPSA) is 91.1 Å². The van der Waals surface area contributed by atoms with E-state index in [-0.39, 0.29) is 29.3 Å². The smallest absolute Gasteiger partial charge is 0.284 e. The molecule has 2 aliphatic rings. The molecule has 1 aromatic carbocycles. The van der Waals surface area contributed by atoms with Crippen LogP contribution in [0.4, 0.5) is 0 Å². The summed E-state index contributed by atoms with van der Waals surface area (Å²) in [5.74, 6) is 1.56. The van der Waals surface area contributed by atoms with Crippen LogP contribution < -0.4 is 5.32 Å². The zero-order valence-corrected chi connectivity index (χ0v) is 13.9. The zero-order valence-electron chi connectivity index (χ0n) is 13.1. The van der Waals surface area contributed by atoms with E-state index < -0.39 is 0 Å². The second kappa shape index (κ2) is 6.14. The maximum atomic E-state index is 12.5. The minimum Gasteiger partial charge on any atom is -0.409 e. The number of rotatable bonds is 4. The van der Waals surface area contributed by atoms with Gasteiger partial charge in [0.25, 0.3) is 10.7 Å². The number of nitrogens with zero attached hydrogens (tertiary/aromatic N) is 1. The molecular weight excluding hydrogens is 326 g/mol. The van der Waals surface area contributed by atoms with Crippen LogP contribution in [-0.2, 0) is 0 Å². The number of nitrogens with one attached hydrogen (secondary N) is 2. The lowest BCUT2D eigenvalue weighted by atomic mass is 9.85. The first-order valence-electron chi connectivity index (χ1n) is 8.23. The SMILES string of the molecule is O=C(NC1C2CCC(C2)C1CO)c1ccc(-c2n[nH]c(=S)o2)cc1. The highest BCUT2D eigenvalue weighted by molar-refractivity contribution is 7.71. The van der Waals surface area contributed by atoms with Gasteiger partial charge in [0, 0.05) is 29.7 Å². The van der Waals surface area contributed by atoms with Crippen LogP contribution in [0.15, 0.2) is 28.7 Å². The monoisotopic (exact) mass is 345 g/mol. The van der Waals surface area contributed by atoms with Gasteiger partial charge in [-0.05, 0) is 67.6 Å². The average molecular weight is 345 g/mol. The number of amides is 1. The van der Waals surface area contributed by atoms with Crippen molar-refractivity contribution >= 4 is 18.1 Å². The summed E-state index contributed by atoms with van der Waals surface area (Å²) in [7, 11) is 0. The number of hydrogen-bond acceptors (Lipinski definition) is 5. The van der Waals surface area contributed by atoms with Gasteiger partial charge in [0.1, 0.15) is 0 Å². The summed E-state index contributed by atoms with van der Waals surface area (Å²) in [6.07, 6.45) is 3.45. The van der Waals surface area contributed by atoms with Crippen molar-refractivity contribution in [2.45, 2.75) is 25.3 Å². The Labute approximate surface area is 144 Å². The van der Waals surface area contributed by atoms with Crippen LogP contribution in [0.25, 0.3) is 11.5 Å². The van der Waals surface area contributed by atoms with Gasteiger partial charge in [-0.2, -0.15) is 0 Å². The lowest BCUT2D eigenvalue weighted by Crippen LogP contribution is -2.45. The molecule has 3 N–H and O–H groups in total. The van der Waals surface area contributed by atoms with Crippen LogP contribution in [0, 0.1) is 22.6 Å². The molecule has 2 aliphatic carbocycles. The molecule has 6 nitrogen and oxygen atoms in total. The average Bonchev–Trinajstić information content (AvgIpc) is 3.31. The third-order valence-corrected chi connectivity index (χ3v) is 5.60. The normalized spacial score (nSPS) is 28.2. The van der Waals surface area contributed by atoms with Crippen molar-refractivity contribution in [3.05, 3.63) is 34.7 Å². The summed E-state index contributed by atoms with van der Waals surface area (Å²) in [5.41, 5.74) is 1.35. The summed E-state index contributed by atoms with van der Waals surface area (Å²) in [6, 6.07) is 7.16. The number of aliphatic hydroxyl groups is 1. The molecule has 4 unspecified atom stereocenters. The Kier molecular flexibility index (Phi) is 3.97. The molecule has 0 saturated heterocycles. The Hall–Kier alpha value is -1.99. The van der Waals surface area contributed by atoms with Gasteiger partial charge in [0.15, 0.2) is 0 Å². The maximum absolute atomic E-state index is 12.5. The molecule has 126 valence electrons. The molecule has 2 fully saturated rings. The number of carbonyl (C=O) groups is 1. The molecule has 1 aromatic heterocycles. The van der Waals surface area contributed by atoms with Crippen LogP contribution in [-0.4, -0.2) is 33.9 Å². The maximum Gasteiger partial charge on any atom is 0.284 e. The molecule has 4 rings (SSSR count). The Morgan fingerprint density at radius 2 is 2.08 bits per heavy atom. The van der Waals surface area contributed by atoms with Gasteiger partial charge in [-0.25, -0.2) is 5.10 Å². The minimum absolute atomic E-state index is 0.0880. The molecule has 2 bridgehead atoms. The first-order chi connectivity index (χ1) is 11.7. The lowest BCUT2D eigenvalue weighted by Gasteiger charge is -2.30. The van der Waals surface area contributed by atoms with Crippen LogP contribution in [0.1, 0.15) is 29.6 Å². The number of benzene rings is 1. The van der Waals surface area contributed by atoms with E-state index in [1.807, 2.05) is 0 Å². The number of aromatic amines is 1. The van der Waals surface area contributed by atoms with Crippen molar-refractivity contribution in [3.63, 3.8) is 0 Å². The summed E-state index contributed by atoms with van der Waals surface area (Å²) in [5, 5.41) is 19.3. The fourth-order valence-corrected chi connectivity index (χ4v) is 4.37. The molecule has 1 heterocycles. The molecular formula is C17H19N3O3S. The van der Waals surface area contributed by atoms with Crippen molar-refractivity contribution in [1.29, 1.82) is 0 Å². The second-order valence-corrected chi connectivity index (χ2v) is 7.05. The van der Waals surface area contributed by atoms with Crippen molar-refractivity contribution in [2.75, 3.05) is 6.61 Å². The van der Waals surface area contributed by atoms with Gasteiger partial charge in [-0.1, -0.05) is 0 Å². The predicted octanol–water partition coefficient (Wildman–Crippen LogP) is 2.54. The summed E-state index contributed by atoms with van der Waals surface area (Å²) in [6.45, 7) is 0.148. The molecule has 0 radical (unpaired) electrons. The first-order valence-corrected chi connectivity index (χ1v) is 8.64. The fraction of sp³-hybridized carbons (Fsp3) is 0.471. The third kappa shape index (κ3) is 2.67. The van der Waals surface area contributed by atoms with Gasteiger partial charge in [0.05, 0.1) is 0 Å². The van der Waals surface area contributed by atoms with Gasteiger partial charge in [0.2, 0.25) is 5.89 Å². The summed E-state index contributed by atoms with van der Waals surface area (Å²) in [4.78, 5) is 12.8. The van der Waals surface area contributed by atoms with Crippen molar-refractivity contribution in [2.24, 2.45) is 17.8 Å². The number of H-pyrrole nitrogens is 1. The van der Waals surface area contributed by atoms with E-state index >= 15 is 0 Å². The molecule has 0 aliphatic heterocycles. The molecule has 0 spiro atoms. The fourth-order valence-electron chi connectivity index (χ4n) is 4.25. The van der Waals surface area contributed by atoms with Crippen molar-refractivity contribution in [1.82, 2.24) is 15.5 Å². The van der Waals surface area contributed by atoms with Gasteiger partial charge in [-0.3, -0.25) is 4.79 Å². The summed E-state index contributed by atoms with van der Waals surface area (Å²) >= 11 is 4.86. The predicted molar refractivity (Wildman–Crippen MR) is 89.8 cm³/mol. The van der Waals surface area contributed by atoms with E-state index in [0.29, 0.717) is 23.3 Å². The Bertz CT molecular complexity index is 798. The van der Waals surface area contributed by atoms with Crippen molar-refractivity contribution < 1.29 is 14.3 Å². The summed E-state index contributed by atoms with van der Waals surface area (Å²) < 4.78 is 5.26. The van der Waals surface area contributed by atoms with Gasteiger partial charge < -0.3 is 14.8 Å². The molecule has 24 heavy (non-hydrogen) atoms. The van der Waals surface area contributed by atoms with Gasteiger partial charge >= 0.3 is 0 Å². The van der Waals surface area contributed by atoms with E-state index in [2.05, 4.69) is 15.5 Å². The number of carbonyl (C=O) groups excluding carboxylic acids is 1. The largest absolute Gasteiger partial charge is 0.409 e. The standard InChI is InChI=1S/C17H19N3O3S/c21-8-13-11-5-6-12(7-11)14(13)18-15(22)9-1-3-10(4-2-9)16-19-20-17(24)23-16/h1-4,11-14,21H,5-8H2,(H,18,22)(H,20,24). The zero-order chi connectivity index (χ0) is 16.7. The number of fused-ring (bicyclic) bond motifs is 2. The molecule has 4 atom stereocenters. The van der Waals surface area contributed by atoms with Crippen LogP contribution >= 0.6 is 12.2 Å². The third-order valence-electron chi connectivity index (χ3n) is 5.43. The molecule has 1 amide bonds. The quantitative estimate of drug-likeness (QED) is 0.741. The highest BCUT2D eigenvalue weighted by Crippen LogP contribution is 2.48. The van der Waals surface area contributed by atoms with E-state index in [0.717, 1.165) is 18.4 Å². The number of aromatic nitrogens is 2. The van der Waals surface area contributed by atoms with Gasteiger partial charge in [-0.15, -0.1) is 5.10 Å². The van der Waals surface area contributed by atoms with E-state index in [1.165, 1.54) is 6.42 Å². The highest BCUT2D eigenvalue weighted by Gasteiger charge is 2.47. The Morgan fingerprint density at radius 3 is 2.75 bits per heavy atom. The second-order valence-electron chi connectivity index (χ2n) is 6.67. The molecule has 2 saturated carbocycles. The minimum atomic E-state index is -0.0968. The lowest BCUT2D eigenvalue weighted by molar-refractivity contribution is 0.0861. The molecule has 2 aromatic rings. The first kappa shape index (κ1) is 15.5. The van der Waals surface area contributed by atoms with E-state index in [4.69, 9.17) is 16.6 Å². The van der Waals surface area contributed by atoms with Crippen LogP contribution in [0.5, 0.6) is 0 Å². The Morgan fingerprint density at radius 1 is 1.33 bits per heavy atom. The van der Waals surface area contributed by atoms with Crippen LogP contribution in [0.3, 0.4) is 0 Å². The van der Waals surface area contributed by atoms with Crippen LogP contribution in [0.2, 0.25) is 0 Å². The van der Waals surface area contributed by atoms with E-state index in [9.17, 15) is 9.90 Å². The van der Waals surface area contributed by atoms with Crippen molar-refractivity contribution in [3.8, 4) is 11.5 Å². The Balaban J connectivity index is 1.48. The number of aliphatic hydroxyl groups excluding tert-OH is 1. The number of hydrogen-bond donors (Lipinski definition) is 3.